The van der Waals surface area contributed by atoms with E-state index in [0.29, 0.717) is 41.3 Å². The summed E-state index contributed by atoms with van der Waals surface area (Å²) in [5.74, 6) is -0.306. The van der Waals surface area contributed by atoms with Crippen molar-refractivity contribution in [2.24, 2.45) is 4.99 Å². The molecule has 0 aromatic heterocycles. The summed E-state index contributed by atoms with van der Waals surface area (Å²) < 4.78 is 25.2. The molecule has 63 heavy (non-hydrogen) atoms. The van der Waals surface area contributed by atoms with Crippen LogP contribution in [0.1, 0.15) is 85.7 Å². The molecule has 15 heteroatoms. The summed E-state index contributed by atoms with van der Waals surface area (Å²) >= 11 is 0. The van der Waals surface area contributed by atoms with Crippen LogP contribution in [0.15, 0.2) is 59.6 Å². The summed E-state index contributed by atoms with van der Waals surface area (Å²) in [7, 11) is 5.17. The van der Waals surface area contributed by atoms with E-state index in [0.717, 1.165) is 53.6 Å². The zero-order valence-corrected chi connectivity index (χ0v) is 35.5. The molecule has 1 amide bonds. The first-order chi connectivity index (χ1) is 30.5. The number of hydrogen-bond donors (Lipinski definition) is 7. The number of nitrogens with zero attached hydrogens (tertiary/aromatic N) is 2. The van der Waals surface area contributed by atoms with Gasteiger partial charge >= 0.3 is 0 Å². The Hall–Kier alpha value is -5.36. The van der Waals surface area contributed by atoms with Gasteiger partial charge in [0.1, 0.15) is 53.8 Å². The minimum absolute atomic E-state index is 0.0473. The first-order valence-corrected chi connectivity index (χ1v) is 21.5. The number of phenols is 1. The predicted octanol–water partition coefficient (Wildman–Crippen LogP) is 3.79. The van der Waals surface area contributed by atoms with Crippen LogP contribution in [0.5, 0.6) is 17.2 Å². The van der Waals surface area contributed by atoms with Crippen molar-refractivity contribution in [3.63, 3.8) is 0 Å². The number of aliphatic hydroxyl groups excluding tert-OH is 3. The number of phenolic OH excluding ortho intramolecular Hbond substituents is 1. The lowest BCUT2D eigenvalue weighted by atomic mass is 9.86. The number of ketones is 1. The van der Waals surface area contributed by atoms with Crippen molar-refractivity contribution in [1.29, 1.82) is 0 Å². The molecule has 7 N–H and O–H groups in total. The molecule has 4 aliphatic heterocycles. The fourth-order valence-electron chi connectivity index (χ4n) is 9.87. The lowest BCUT2D eigenvalue weighted by molar-refractivity contribution is -0.329. The predicted molar refractivity (Wildman–Crippen MR) is 233 cm³/mol. The third-order valence-electron chi connectivity index (χ3n) is 13.2. The topological polar surface area (TPSA) is 212 Å². The van der Waals surface area contributed by atoms with Crippen molar-refractivity contribution in [3.05, 3.63) is 105 Å². The number of aromatic hydroxyl groups is 1. The number of methoxy groups -OCH3 is 1. The highest BCUT2D eigenvalue weighted by Crippen LogP contribution is 2.50. The minimum Gasteiger partial charge on any atom is -0.506 e. The molecular formula is C48H53N4O11+. The zero-order chi connectivity index (χ0) is 44.2. The first kappa shape index (κ1) is 42.9. The average Bonchev–Trinajstić information content (AvgIpc) is 4.04. The van der Waals surface area contributed by atoms with Gasteiger partial charge in [-0.1, -0.05) is 25.0 Å². The third-order valence-corrected chi connectivity index (χ3v) is 13.2. The first-order valence-electron chi connectivity index (χ1n) is 21.5. The summed E-state index contributed by atoms with van der Waals surface area (Å²) in [6.07, 6.45) is 0.997. The van der Waals surface area contributed by atoms with Gasteiger partial charge in [0.15, 0.2) is 22.6 Å². The van der Waals surface area contributed by atoms with Gasteiger partial charge in [-0.15, -0.1) is 0 Å². The summed E-state index contributed by atoms with van der Waals surface area (Å²) in [4.78, 5) is 34.7. The molecule has 5 aliphatic rings. The molecule has 9 rings (SSSR count). The molecule has 330 valence electrons. The monoisotopic (exact) mass is 861 g/mol. The number of rotatable bonds is 11. The highest BCUT2D eigenvalue weighted by Gasteiger charge is 2.57. The Morgan fingerprint density at radius 3 is 2.62 bits per heavy atom. The molecule has 6 atom stereocenters. The normalized spacial score (nSPS) is 26.0. The Morgan fingerprint density at radius 2 is 1.87 bits per heavy atom. The quantitative estimate of drug-likeness (QED) is 0.0847. The summed E-state index contributed by atoms with van der Waals surface area (Å²) in [5.41, 5.74) is 3.29. The van der Waals surface area contributed by atoms with Crippen molar-refractivity contribution in [3.8, 4) is 17.2 Å². The molecule has 0 spiro atoms. The Bertz CT molecular complexity index is 2500. The highest BCUT2D eigenvalue weighted by atomic mass is 16.7. The minimum atomic E-state index is -2.56. The van der Waals surface area contributed by atoms with E-state index in [4.69, 9.17) is 18.9 Å². The molecule has 4 heterocycles. The van der Waals surface area contributed by atoms with Gasteiger partial charge in [-0.25, -0.2) is 0 Å². The van der Waals surface area contributed by atoms with Gasteiger partial charge < -0.3 is 60.0 Å². The second kappa shape index (κ2) is 17.3. The third kappa shape index (κ3) is 7.45. The second-order valence-corrected chi connectivity index (χ2v) is 17.1. The van der Waals surface area contributed by atoms with Crippen LogP contribution >= 0.6 is 0 Å². The number of benzene rings is 4. The molecule has 2 bridgehead atoms. The lowest BCUT2D eigenvalue weighted by Crippen LogP contribution is -2.69. The van der Waals surface area contributed by atoms with E-state index in [-0.39, 0.29) is 53.8 Å². The van der Waals surface area contributed by atoms with Gasteiger partial charge in [-0.05, 0) is 91.3 Å². The molecule has 2 fully saturated rings. The van der Waals surface area contributed by atoms with Gasteiger partial charge in [-0.2, -0.15) is 4.99 Å². The fourth-order valence-corrected chi connectivity index (χ4v) is 9.87. The molecular weight excluding hydrogens is 809 g/mol. The number of carbonyl (C=O) groups is 2. The number of Topliss-reactive ketones (excluding diaryl/α,β-unsaturated/α-hetero) is 1. The number of fused-ring (bicyclic) bond motifs is 7. The summed E-state index contributed by atoms with van der Waals surface area (Å²) in [6.45, 7) is -0.270. The van der Waals surface area contributed by atoms with Crippen LogP contribution in [0, 0.1) is 5.92 Å². The second-order valence-electron chi connectivity index (χ2n) is 17.1. The maximum Gasteiger partial charge on any atom is 0.254 e. The van der Waals surface area contributed by atoms with Crippen LogP contribution in [0.4, 0.5) is 5.69 Å². The van der Waals surface area contributed by atoms with Crippen LogP contribution in [0.25, 0.3) is 16.8 Å². The number of nitrogens with one attached hydrogen (secondary N) is 2. The van der Waals surface area contributed by atoms with E-state index in [1.807, 2.05) is 50.5 Å². The summed E-state index contributed by atoms with van der Waals surface area (Å²) in [6, 6.07) is 15.0. The molecule has 0 radical (unpaired) electrons. The van der Waals surface area contributed by atoms with Crippen LogP contribution in [-0.4, -0.2) is 126 Å². The van der Waals surface area contributed by atoms with E-state index >= 15 is 0 Å². The Balaban J connectivity index is 1.21. The number of aliphatic imine (C=N–C) groups is 1. The maximum absolute atomic E-state index is 14.8. The fraction of sp³-hybridized carbons (Fsp3) is 0.417. The Labute approximate surface area is 365 Å². The van der Waals surface area contributed by atoms with E-state index in [2.05, 4.69) is 15.6 Å². The molecule has 15 nitrogen and oxygen atoms in total. The van der Waals surface area contributed by atoms with Crippen molar-refractivity contribution in [2.75, 3.05) is 41.0 Å². The molecule has 0 unspecified atom stereocenters. The van der Waals surface area contributed by atoms with Gasteiger partial charge in [0.2, 0.25) is 6.29 Å². The van der Waals surface area contributed by atoms with Crippen LogP contribution in [0.3, 0.4) is 0 Å². The van der Waals surface area contributed by atoms with Crippen LogP contribution in [0.2, 0.25) is 0 Å². The number of amides is 1. The van der Waals surface area contributed by atoms with Crippen LogP contribution in [-0.2, 0) is 29.1 Å². The van der Waals surface area contributed by atoms with E-state index in [9.17, 15) is 35.1 Å². The average molecular weight is 862 g/mol. The molecule has 4 aromatic rings. The summed E-state index contributed by atoms with van der Waals surface area (Å²) in [5, 5.41) is 64.7. The molecule has 1 aliphatic carbocycles. The number of carbonyl (C=O) groups excluding carboxylic acids is 2. The Morgan fingerprint density at radius 1 is 1.08 bits per heavy atom. The molecule has 1 saturated carbocycles. The number of aliphatic hydroxyl groups is 4. The van der Waals surface area contributed by atoms with E-state index in [1.165, 1.54) is 12.0 Å². The van der Waals surface area contributed by atoms with Gasteiger partial charge in [0.05, 0.1) is 49.4 Å². The van der Waals surface area contributed by atoms with E-state index < -0.39 is 54.4 Å². The van der Waals surface area contributed by atoms with Gasteiger partial charge in [-0.3, -0.25) is 9.59 Å². The van der Waals surface area contributed by atoms with Crippen molar-refractivity contribution < 1.29 is 54.1 Å². The Kier molecular flexibility index (Phi) is 11.8. The maximum atomic E-state index is 14.8. The number of ether oxygens (including phenoxy) is 4. The van der Waals surface area contributed by atoms with Gasteiger partial charge in [0.25, 0.3) is 5.91 Å². The number of hydrogen-bond acceptors (Lipinski definition) is 14. The standard InChI is InChI=1S/C48H52N4O11/c1-49-18-25-11-13-35-32(15-25)33(20-51-35)37-14-12-30-38(60-3)17-28-16-31(26-7-4-5-8-26)41(36(54)22-52-21-34-27(19-50-2)9-6-10-29(34)46(52)58)43(56)40(28)44(30)63-47-48(59,24-53)45(57)42(55)39(62-47)23-61-37/h6,9-17,20,26,37,39,42,45,47,49-50,53,55,57,59H,4-5,7-8,18-19,21-24H2,1-3H3/p+1/b14-12+/t37-,39-,42-,45+,47-,48-/m1/s1. The zero-order valence-electron chi connectivity index (χ0n) is 35.5. The highest BCUT2D eigenvalue weighted by molar-refractivity contribution is 6.11. The van der Waals surface area contributed by atoms with Gasteiger partial charge in [0, 0.05) is 36.8 Å². The van der Waals surface area contributed by atoms with Crippen molar-refractivity contribution in [1.82, 2.24) is 15.5 Å². The largest absolute Gasteiger partial charge is 0.506 e. The molecule has 1 saturated heterocycles. The lowest BCUT2D eigenvalue weighted by Gasteiger charge is -2.47. The van der Waals surface area contributed by atoms with E-state index in [1.54, 1.807) is 30.5 Å². The van der Waals surface area contributed by atoms with Crippen molar-refractivity contribution in [2.45, 2.75) is 87.5 Å². The van der Waals surface area contributed by atoms with Crippen LogP contribution < -0.4 is 20.1 Å². The SMILES string of the molecule is CNCc1ccc2c(c1)[C+]([C@H]1/C=C/c3c(OC)cc4cc(C5CCCC5)c(C(=O)CN5Cc6c(CNC)cccc6C5=O)c(O)c4c3O[C@H]3O[C@H](CO1)[C@@H](O)[C@H](O)[C@]3(O)CO)C=N2. The smallest absolute Gasteiger partial charge is 0.254 e. The molecule has 4 aromatic carbocycles. The van der Waals surface area contributed by atoms with Crippen molar-refractivity contribution >= 4 is 40.4 Å².